The molecule has 3 aliphatic rings. The molecule has 1 saturated carbocycles. The molecule has 1 aromatic carbocycles. The fourth-order valence-corrected chi connectivity index (χ4v) is 6.18. The van der Waals surface area contributed by atoms with Gasteiger partial charge in [0.05, 0.1) is 11.6 Å². The van der Waals surface area contributed by atoms with Crippen LogP contribution in [0.4, 0.5) is 0 Å². The smallest absolute Gasteiger partial charge is 0.255 e. The first-order valence-electron chi connectivity index (χ1n) is 12.4. The summed E-state index contributed by atoms with van der Waals surface area (Å²) in [4.78, 5) is 53.4. The van der Waals surface area contributed by atoms with Gasteiger partial charge in [-0.1, -0.05) is 19.8 Å². The van der Waals surface area contributed by atoms with Crippen molar-refractivity contribution in [2.75, 3.05) is 14.1 Å². The summed E-state index contributed by atoms with van der Waals surface area (Å²) < 4.78 is 0. The van der Waals surface area contributed by atoms with Gasteiger partial charge in [-0.25, -0.2) is 0 Å². The van der Waals surface area contributed by atoms with Gasteiger partial charge in [-0.05, 0) is 57.0 Å². The van der Waals surface area contributed by atoms with Gasteiger partial charge >= 0.3 is 0 Å². The molecule has 10 nitrogen and oxygen atoms in total. The predicted molar refractivity (Wildman–Crippen MR) is 133 cm³/mol. The van der Waals surface area contributed by atoms with Crippen LogP contribution >= 0.6 is 0 Å². The van der Waals surface area contributed by atoms with Crippen LogP contribution in [0, 0.1) is 11.8 Å². The van der Waals surface area contributed by atoms with E-state index in [0.29, 0.717) is 24.0 Å². The number of Topliss-reactive ketones (excluding diaryl/α,β-unsaturated/α-hetero) is 3. The Morgan fingerprint density at radius 2 is 1.81 bits per heavy atom. The van der Waals surface area contributed by atoms with Gasteiger partial charge in [-0.15, -0.1) is 0 Å². The van der Waals surface area contributed by atoms with E-state index in [0.717, 1.165) is 12.8 Å². The summed E-state index contributed by atoms with van der Waals surface area (Å²) in [5.41, 5.74) is 2.20. The lowest BCUT2D eigenvalue weighted by Crippen LogP contribution is -2.65. The fourth-order valence-electron chi connectivity index (χ4n) is 6.18. The number of likely N-dealkylation sites (N-methyl/N-ethyl adjacent to an activating group) is 1. The van der Waals surface area contributed by atoms with Crippen molar-refractivity contribution in [2.24, 2.45) is 17.6 Å². The summed E-state index contributed by atoms with van der Waals surface area (Å²) in [5.74, 6) is -7.27. The number of carbonyl (C=O) groups excluding carboxylic acids is 4. The normalized spacial score (nSPS) is 27.2. The molecule has 0 aliphatic heterocycles. The number of amides is 1. The van der Waals surface area contributed by atoms with Gasteiger partial charge in [-0.3, -0.25) is 24.1 Å². The Morgan fingerprint density at radius 3 is 2.41 bits per heavy atom. The van der Waals surface area contributed by atoms with Crippen LogP contribution in [0.15, 0.2) is 29.0 Å². The molecule has 0 unspecified atom stereocenters. The van der Waals surface area contributed by atoms with Crippen molar-refractivity contribution in [1.29, 1.82) is 0 Å². The SMILES string of the molecule is CCCCCC(=O)c1ccc(O)c2c1C[C@@H]1C[C@@H]3[C@@H](N(C)C)C(=O)C(C(N)=O)=C(O)[C@]3(O)C(=O)C1=C2O. The highest BCUT2D eigenvalue weighted by Crippen LogP contribution is 2.53. The molecule has 4 rings (SSSR count). The average Bonchev–Trinajstić information content (AvgIpc) is 2.81. The number of aliphatic hydroxyl groups is 3. The minimum atomic E-state index is -2.69. The van der Waals surface area contributed by atoms with Crippen LogP contribution in [0.5, 0.6) is 5.75 Å². The Kier molecular flexibility index (Phi) is 6.76. The summed E-state index contributed by atoms with van der Waals surface area (Å²) in [5, 5.41) is 44.3. The topological polar surface area (TPSA) is 178 Å². The zero-order chi connectivity index (χ0) is 27.4. The molecule has 6 N–H and O–H groups in total. The molecule has 198 valence electrons. The number of carbonyl (C=O) groups is 4. The molecule has 1 amide bonds. The maximum atomic E-state index is 13.8. The number of primary amides is 1. The number of aromatic hydroxyl groups is 1. The van der Waals surface area contributed by atoms with E-state index in [4.69, 9.17) is 5.73 Å². The second-order valence-electron chi connectivity index (χ2n) is 10.3. The molecule has 1 aromatic rings. The highest BCUT2D eigenvalue weighted by atomic mass is 16.3. The van der Waals surface area contributed by atoms with E-state index in [1.54, 1.807) is 14.1 Å². The van der Waals surface area contributed by atoms with E-state index in [1.165, 1.54) is 17.0 Å². The van der Waals surface area contributed by atoms with Gasteiger partial charge in [0.2, 0.25) is 5.78 Å². The summed E-state index contributed by atoms with van der Waals surface area (Å²) in [7, 11) is 3.08. The lowest BCUT2D eigenvalue weighted by Gasteiger charge is -2.50. The quantitative estimate of drug-likeness (QED) is 0.207. The standard InChI is InChI=1S/C27H32N2O8/c1-4-5-6-7-16(30)13-8-9-17(31)19-14(13)10-12-11-15-21(29(2)3)23(33)20(26(28)36)25(35)27(15,37)24(34)18(12)22(19)32/h8-9,12,15,21,31-32,35,37H,4-7,10-11H2,1-3H3,(H2,28,36)/t12-,15-,21-,27-/m1/s1. The second-order valence-corrected chi connectivity index (χ2v) is 10.3. The number of unbranched alkanes of at least 4 members (excludes halogenated alkanes) is 2. The third-order valence-corrected chi connectivity index (χ3v) is 7.91. The number of rotatable bonds is 7. The number of phenolic OH excluding ortho intramolecular Hbond substituents is 1. The summed E-state index contributed by atoms with van der Waals surface area (Å²) in [6, 6.07) is 1.62. The molecule has 4 atom stereocenters. The van der Waals surface area contributed by atoms with E-state index >= 15 is 0 Å². The number of aliphatic hydroxyl groups excluding tert-OH is 2. The predicted octanol–water partition coefficient (Wildman–Crippen LogP) is 1.73. The monoisotopic (exact) mass is 512 g/mol. The molecule has 0 radical (unpaired) electrons. The van der Waals surface area contributed by atoms with Crippen molar-refractivity contribution in [1.82, 2.24) is 4.90 Å². The van der Waals surface area contributed by atoms with E-state index in [-0.39, 0.29) is 35.5 Å². The maximum Gasteiger partial charge on any atom is 0.255 e. The van der Waals surface area contributed by atoms with Gasteiger partial charge < -0.3 is 26.2 Å². The minimum Gasteiger partial charge on any atom is -0.508 e. The molecular formula is C27H32N2O8. The van der Waals surface area contributed by atoms with E-state index in [2.05, 4.69) is 0 Å². The first kappa shape index (κ1) is 26.6. The summed E-state index contributed by atoms with van der Waals surface area (Å²) in [6.45, 7) is 2.02. The van der Waals surface area contributed by atoms with Crippen molar-refractivity contribution in [3.8, 4) is 5.75 Å². The van der Waals surface area contributed by atoms with Gasteiger partial charge in [0.25, 0.3) is 5.91 Å². The zero-order valence-corrected chi connectivity index (χ0v) is 21.1. The highest BCUT2D eigenvalue weighted by molar-refractivity contribution is 6.24. The van der Waals surface area contributed by atoms with Gasteiger partial charge in [0, 0.05) is 23.5 Å². The largest absolute Gasteiger partial charge is 0.508 e. The van der Waals surface area contributed by atoms with E-state index in [1.807, 2.05) is 6.92 Å². The van der Waals surface area contributed by atoms with Crippen molar-refractivity contribution < 1.29 is 39.6 Å². The van der Waals surface area contributed by atoms with Crippen LogP contribution in [0.2, 0.25) is 0 Å². The van der Waals surface area contributed by atoms with Crippen LogP contribution in [-0.2, 0) is 20.8 Å². The summed E-state index contributed by atoms with van der Waals surface area (Å²) in [6.07, 6.45) is 2.87. The van der Waals surface area contributed by atoms with Crippen molar-refractivity contribution in [3.05, 3.63) is 45.7 Å². The molecule has 37 heavy (non-hydrogen) atoms. The molecule has 0 aromatic heterocycles. The lowest BCUT2D eigenvalue weighted by molar-refractivity contribution is -0.153. The van der Waals surface area contributed by atoms with Crippen LogP contribution in [-0.4, -0.2) is 74.3 Å². The number of hydrogen-bond acceptors (Lipinski definition) is 9. The second kappa shape index (κ2) is 9.42. The molecule has 3 aliphatic carbocycles. The summed E-state index contributed by atoms with van der Waals surface area (Å²) >= 11 is 0. The number of nitrogens with zero attached hydrogens (tertiary/aromatic N) is 1. The number of benzene rings is 1. The van der Waals surface area contributed by atoms with Gasteiger partial charge in [0.15, 0.2) is 17.2 Å². The first-order chi connectivity index (χ1) is 17.4. The van der Waals surface area contributed by atoms with Crippen molar-refractivity contribution in [2.45, 2.75) is 57.1 Å². The Hall–Kier alpha value is -3.50. The van der Waals surface area contributed by atoms with Gasteiger partial charge in [0.1, 0.15) is 22.8 Å². The van der Waals surface area contributed by atoms with Crippen LogP contribution in [0.25, 0.3) is 5.76 Å². The van der Waals surface area contributed by atoms with Gasteiger partial charge in [-0.2, -0.15) is 0 Å². The highest BCUT2D eigenvalue weighted by Gasteiger charge is 2.64. The van der Waals surface area contributed by atoms with Crippen LogP contribution < -0.4 is 5.73 Å². The Morgan fingerprint density at radius 1 is 1.14 bits per heavy atom. The van der Waals surface area contributed by atoms with E-state index < -0.39 is 58.0 Å². The Balaban J connectivity index is 1.90. The number of phenols is 1. The first-order valence-corrected chi connectivity index (χ1v) is 12.4. The Bertz CT molecular complexity index is 1280. The molecule has 0 bridgehead atoms. The number of hydrogen-bond donors (Lipinski definition) is 5. The molecule has 0 spiro atoms. The number of nitrogens with two attached hydrogens (primary N) is 1. The van der Waals surface area contributed by atoms with Crippen LogP contribution in [0.1, 0.15) is 60.5 Å². The van der Waals surface area contributed by atoms with Crippen molar-refractivity contribution in [3.63, 3.8) is 0 Å². The minimum absolute atomic E-state index is 0.0229. The zero-order valence-electron chi connectivity index (χ0n) is 21.1. The Labute approximate surface area is 214 Å². The lowest BCUT2D eigenvalue weighted by atomic mass is 9.57. The molecular weight excluding hydrogens is 480 g/mol. The molecule has 0 heterocycles. The third kappa shape index (κ3) is 3.86. The van der Waals surface area contributed by atoms with Crippen LogP contribution in [0.3, 0.4) is 0 Å². The average molecular weight is 513 g/mol. The molecule has 1 fully saturated rings. The van der Waals surface area contributed by atoms with E-state index in [9.17, 15) is 39.6 Å². The number of ketones is 3. The van der Waals surface area contributed by atoms with Crippen molar-refractivity contribution >= 4 is 29.0 Å². The molecule has 10 heteroatoms. The number of fused-ring (bicyclic) bond motifs is 3. The third-order valence-electron chi connectivity index (χ3n) is 7.91. The maximum absolute atomic E-state index is 13.8. The molecule has 0 saturated heterocycles. The fraction of sp³-hybridized carbons (Fsp3) is 0.481.